The number of piperidine rings is 1. The molecule has 6 heteroatoms. The predicted octanol–water partition coefficient (Wildman–Crippen LogP) is 1.87. The first-order chi connectivity index (χ1) is 13.2. The van der Waals surface area contributed by atoms with E-state index in [0.717, 1.165) is 37.7 Å². The lowest BCUT2D eigenvalue weighted by Crippen LogP contribution is -2.41. The van der Waals surface area contributed by atoms with Crippen molar-refractivity contribution < 1.29 is 4.79 Å². The quantitative estimate of drug-likeness (QED) is 0.708. The van der Waals surface area contributed by atoms with Crippen LogP contribution in [0.5, 0.6) is 0 Å². The fourth-order valence-corrected chi connectivity index (χ4v) is 3.69. The number of nitrogens with one attached hydrogen (secondary N) is 2. The summed E-state index contributed by atoms with van der Waals surface area (Å²) in [5.41, 5.74) is 2.33. The zero-order valence-corrected chi connectivity index (χ0v) is 16.2. The Morgan fingerprint density at radius 1 is 1.19 bits per heavy atom. The Bertz CT molecular complexity index is 692. The summed E-state index contributed by atoms with van der Waals surface area (Å²) in [7, 11) is 2.01. The molecule has 0 unspecified atom stereocenters. The van der Waals surface area contributed by atoms with Gasteiger partial charge in [-0.3, -0.25) is 14.4 Å². The largest absolute Gasteiger partial charge is 0.351 e. The highest BCUT2D eigenvalue weighted by atomic mass is 16.2. The van der Waals surface area contributed by atoms with E-state index >= 15 is 0 Å². The molecule has 0 bridgehead atoms. The van der Waals surface area contributed by atoms with E-state index < -0.39 is 0 Å². The predicted molar refractivity (Wildman–Crippen MR) is 107 cm³/mol. The van der Waals surface area contributed by atoms with Gasteiger partial charge in [-0.1, -0.05) is 24.3 Å². The third kappa shape index (κ3) is 6.19. The van der Waals surface area contributed by atoms with E-state index in [1.54, 1.807) is 6.20 Å². The van der Waals surface area contributed by atoms with Gasteiger partial charge in [-0.05, 0) is 69.1 Å². The van der Waals surface area contributed by atoms with Crippen LogP contribution in [-0.4, -0.2) is 53.8 Å². The van der Waals surface area contributed by atoms with Gasteiger partial charge in [-0.2, -0.15) is 5.10 Å². The van der Waals surface area contributed by atoms with Crippen molar-refractivity contribution in [2.24, 2.45) is 5.92 Å². The number of amides is 1. The molecule has 0 saturated carbocycles. The molecule has 2 N–H and O–H groups in total. The van der Waals surface area contributed by atoms with Crippen molar-refractivity contribution in [1.82, 2.24) is 25.3 Å². The van der Waals surface area contributed by atoms with Crippen LogP contribution in [0.3, 0.4) is 0 Å². The maximum Gasteiger partial charge on any atom is 0.234 e. The maximum absolute atomic E-state index is 12.4. The van der Waals surface area contributed by atoms with Crippen LogP contribution < -0.4 is 10.6 Å². The number of carbonyl (C=O) groups excluding carboxylic acids is 1. The summed E-state index contributed by atoms with van der Waals surface area (Å²) in [6.45, 7) is 4.92. The molecule has 1 aromatic heterocycles. The molecule has 146 valence electrons. The second-order valence-corrected chi connectivity index (χ2v) is 7.36. The van der Waals surface area contributed by atoms with Crippen LogP contribution >= 0.6 is 0 Å². The molecule has 27 heavy (non-hydrogen) atoms. The second kappa shape index (κ2) is 10.2. The second-order valence-electron chi connectivity index (χ2n) is 7.36. The van der Waals surface area contributed by atoms with Crippen LogP contribution in [0.25, 0.3) is 0 Å². The van der Waals surface area contributed by atoms with Gasteiger partial charge in [0, 0.05) is 18.9 Å². The number of aromatic nitrogens is 2. The first-order valence-corrected chi connectivity index (χ1v) is 9.92. The first kappa shape index (κ1) is 19.6. The molecule has 2 heterocycles. The lowest BCUT2D eigenvalue weighted by molar-refractivity contribution is -0.122. The molecule has 3 rings (SSSR count). The Kier molecular flexibility index (Phi) is 7.42. The highest BCUT2D eigenvalue weighted by molar-refractivity contribution is 5.78. The normalized spacial score (nSPS) is 15.7. The number of nitrogens with zero attached hydrogens (tertiary/aromatic N) is 3. The Morgan fingerprint density at radius 2 is 1.96 bits per heavy atom. The van der Waals surface area contributed by atoms with Crippen LogP contribution in [0.4, 0.5) is 0 Å². The van der Waals surface area contributed by atoms with Crippen molar-refractivity contribution in [2.75, 3.05) is 33.2 Å². The van der Waals surface area contributed by atoms with Crippen molar-refractivity contribution in [2.45, 2.75) is 32.4 Å². The zero-order valence-electron chi connectivity index (χ0n) is 16.2. The van der Waals surface area contributed by atoms with Crippen molar-refractivity contribution in [3.05, 3.63) is 53.9 Å². The van der Waals surface area contributed by atoms with Crippen LogP contribution in [0.1, 0.15) is 30.4 Å². The molecular formula is C21H31N5O. The first-order valence-electron chi connectivity index (χ1n) is 9.92. The summed E-state index contributed by atoms with van der Waals surface area (Å²) >= 11 is 0. The van der Waals surface area contributed by atoms with E-state index in [1.807, 2.05) is 36.1 Å². The average Bonchev–Trinajstić information content (AvgIpc) is 3.20. The van der Waals surface area contributed by atoms with Crippen LogP contribution in [0, 0.1) is 5.92 Å². The van der Waals surface area contributed by atoms with Crippen molar-refractivity contribution in [3.8, 4) is 0 Å². The van der Waals surface area contributed by atoms with Crippen LogP contribution in [-0.2, 0) is 17.9 Å². The minimum Gasteiger partial charge on any atom is -0.351 e. The standard InChI is InChI=1S/C21H31N5O/c1-22-11-7-18-8-13-25(14-9-18)17-21(27)23-15-19-5-2-3-6-20(19)16-26-12-4-10-24-26/h2-6,10,12,18,22H,7-9,11,13-17H2,1H3,(H,23,27). The maximum atomic E-state index is 12.4. The molecule has 1 aliphatic heterocycles. The van der Waals surface area contributed by atoms with Gasteiger partial charge in [0.2, 0.25) is 5.91 Å². The molecular weight excluding hydrogens is 338 g/mol. The average molecular weight is 370 g/mol. The van der Waals surface area contributed by atoms with Gasteiger partial charge in [0.05, 0.1) is 13.1 Å². The molecule has 1 amide bonds. The number of carbonyl (C=O) groups is 1. The summed E-state index contributed by atoms with van der Waals surface area (Å²) in [6.07, 6.45) is 7.37. The van der Waals surface area contributed by atoms with Gasteiger partial charge in [0.15, 0.2) is 0 Å². The molecule has 1 saturated heterocycles. The van der Waals surface area contributed by atoms with E-state index in [4.69, 9.17) is 0 Å². The van der Waals surface area contributed by atoms with E-state index in [0.29, 0.717) is 13.1 Å². The number of hydrogen-bond acceptors (Lipinski definition) is 4. The number of rotatable bonds is 9. The van der Waals surface area contributed by atoms with Crippen LogP contribution in [0.2, 0.25) is 0 Å². The minimum atomic E-state index is 0.109. The van der Waals surface area contributed by atoms with Gasteiger partial charge in [-0.25, -0.2) is 0 Å². The molecule has 0 aliphatic carbocycles. The van der Waals surface area contributed by atoms with Gasteiger partial charge in [0.25, 0.3) is 0 Å². The summed E-state index contributed by atoms with van der Waals surface area (Å²) in [5, 5.41) is 10.6. The molecule has 0 radical (unpaired) electrons. The van der Waals surface area contributed by atoms with E-state index in [1.165, 1.54) is 24.8 Å². The fourth-order valence-electron chi connectivity index (χ4n) is 3.69. The Morgan fingerprint density at radius 3 is 2.67 bits per heavy atom. The van der Waals surface area contributed by atoms with Crippen molar-refractivity contribution in [1.29, 1.82) is 0 Å². The third-order valence-electron chi connectivity index (χ3n) is 5.36. The monoisotopic (exact) mass is 369 g/mol. The number of benzene rings is 1. The highest BCUT2D eigenvalue weighted by Crippen LogP contribution is 2.19. The summed E-state index contributed by atoms with van der Waals surface area (Å²) in [6, 6.07) is 10.1. The topological polar surface area (TPSA) is 62.2 Å². The molecule has 1 aliphatic rings. The van der Waals surface area contributed by atoms with Gasteiger partial charge < -0.3 is 10.6 Å². The van der Waals surface area contributed by atoms with Gasteiger partial charge >= 0.3 is 0 Å². The molecule has 0 spiro atoms. The van der Waals surface area contributed by atoms with Gasteiger partial charge in [-0.15, -0.1) is 0 Å². The highest BCUT2D eigenvalue weighted by Gasteiger charge is 2.20. The van der Waals surface area contributed by atoms with Crippen molar-refractivity contribution in [3.63, 3.8) is 0 Å². The Labute approximate surface area is 161 Å². The lowest BCUT2D eigenvalue weighted by atomic mass is 9.93. The van der Waals surface area contributed by atoms with E-state index in [9.17, 15) is 4.79 Å². The summed E-state index contributed by atoms with van der Waals surface area (Å²) in [5.74, 6) is 0.906. The molecule has 1 aromatic carbocycles. The van der Waals surface area contributed by atoms with Gasteiger partial charge in [0.1, 0.15) is 0 Å². The number of hydrogen-bond donors (Lipinski definition) is 2. The lowest BCUT2D eigenvalue weighted by Gasteiger charge is -2.31. The zero-order chi connectivity index (χ0) is 18.9. The van der Waals surface area contributed by atoms with E-state index in [-0.39, 0.29) is 5.91 Å². The fraction of sp³-hybridized carbons (Fsp3) is 0.524. The molecule has 0 atom stereocenters. The third-order valence-corrected chi connectivity index (χ3v) is 5.36. The Hall–Kier alpha value is -2.18. The molecule has 6 nitrogen and oxygen atoms in total. The molecule has 1 fully saturated rings. The summed E-state index contributed by atoms with van der Waals surface area (Å²) < 4.78 is 1.90. The number of likely N-dealkylation sites (tertiary alicyclic amines) is 1. The summed E-state index contributed by atoms with van der Waals surface area (Å²) in [4.78, 5) is 14.7. The Balaban J connectivity index is 1.43. The van der Waals surface area contributed by atoms with Crippen LogP contribution in [0.15, 0.2) is 42.7 Å². The molecule has 2 aromatic rings. The smallest absolute Gasteiger partial charge is 0.234 e. The SMILES string of the molecule is CNCCC1CCN(CC(=O)NCc2ccccc2Cn2cccn2)CC1. The minimum absolute atomic E-state index is 0.109. The van der Waals surface area contributed by atoms with E-state index in [2.05, 4.69) is 32.8 Å². The van der Waals surface area contributed by atoms with Crippen molar-refractivity contribution >= 4 is 5.91 Å².